The average Bonchev–Trinajstić information content (AvgIpc) is 2.15. The fourth-order valence-corrected chi connectivity index (χ4v) is 1.82. The standard InChI is InChI=1S/C9H13ClF3NO/c1-6(10)8(15)14-4-2-7(3-5-14)9(11,12)13/h6-7H,2-5H2,1H3/t6-/m0/s1. The summed E-state index contributed by atoms with van der Waals surface area (Å²) in [5, 5.41) is -0.660. The number of hydrogen-bond acceptors (Lipinski definition) is 1. The van der Waals surface area contributed by atoms with E-state index in [9.17, 15) is 18.0 Å². The third-order valence-corrected chi connectivity index (χ3v) is 2.80. The highest BCUT2D eigenvalue weighted by Crippen LogP contribution is 2.34. The molecule has 0 aromatic heterocycles. The van der Waals surface area contributed by atoms with Crippen molar-refractivity contribution >= 4 is 17.5 Å². The Morgan fingerprint density at radius 2 is 1.87 bits per heavy atom. The maximum Gasteiger partial charge on any atom is 0.391 e. The van der Waals surface area contributed by atoms with Gasteiger partial charge in [0.15, 0.2) is 0 Å². The van der Waals surface area contributed by atoms with E-state index in [2.05, 4.69) is 0 Å². The molecule has 0 aromatic carbocycles. The molecule has 0 bridgehead atoms. The smallest absolute Gasteiger partial charge is 0.341 e. The predicted molar refractivity (Wildman–Crippen MR) is 50.7 cm³/mol. The molecule has 15 heavy (non-hydrogen) atoms. The van der Waals surface area contributed by atoms with Crippen molar-refractivity contribution in [3.63, 3.8) is 0 Å². The van der Waals surface area contributed by atoms with Gasteiger partial charge in [-0.1, -0.05) is 0 Å². The number of carbonyl (C=O) groups excluding carboxylic acids is 1. The third-order valence-electron chi connectivity index (χ3n) is 2.61. The summed E-state index contributed by atoms with van der Waals surface area (Å²) in [6.07, 6.45) is -4.17. The van der Waals surface area contributed by atoms with Crippen LogP contribution in [0, 0.1) is 5.92 Å². The number of nitrogens with zero attached hydrogens (tertiary/aromatic N) is 1. The van der Waals surface area contributed by atoms with Crippen molar-refractivity contribution in [1.82, 2.24) is 4.90 Å². The number of likely N-dealkylation sites (tertiary alicyclic amines) is 1. The van der Waals surface area contributed by atoms with Gasteiger partial charge in [0, 0.05) is 13.1 Å². The monoisotopic (exact) mass is 243 g/mol. The molecule has 1 atom stereocenters. The fraction of sp³-hybridized carbons (Fsp3) is 0.889. The summed E-state index contributed by atoms with van der Waals surface area (Å²) in [6.45, 7) is 1.83. The molecule has 2 nitrogen and oxygen atoms in total. The van der Waals surface area contributed by atoms with Crippen LogP contribution in [-0.2, 0) is 4.79 Å². The molecule has 0 unspecified atom stereocenters. The van der Waals surface area contributed by atoms with Crippen molar-refractivity contribution in [3.05, 3.63) is 0 Å². The Balaban J connectivity index is 2.46. The number of carbonyl (C=O) groups is 1. The molecule has 0 saturated carbocycles. The second kappa shape index (κ2) is 4.60. The highest BCUT2D eigenvalue weighted by atomic mass is 35.5. The van der Waals surface area contributed by atoms with Crippen molar-refractivity contribution in [3.8, 4) is 0 Å². The first kappa shape index (κ1) is 12.6. The molecule has 0 radical (unpaired) electrons. The lowest BCUT2D eigenvalue weighted by Crippen LogP contribution is -2.44. The summed E-state index contributed by atoms with van der Waals surface area (Å²) in [6, 6.07) is 0. The summed E-state index contributed by atoms with van der Waals surface area (Å²) >= 11 is 5.57. The van der Waals surface area contributed by atoms with Gasteiger partial charge in [-0.05, 0) is 19.8 Å². The fourth-order valence-electron chi connectivity index (χ4n) is 1.68. The first-order valence-electron chi connectivity index (χ1n) is 4.82. The van der Waals surface area contributed by atoms with Crippen molar-refractivity contribution < 1.29 is 18.0 Å². The van der Waals surface area contributed by atoms with Crippen molar-refractivity contribution in [2.45, 2.75) is 31.3 Å². The van der Waals surface area contributed by atoms with E-state index in [-0.39, 0.29) is 31.8 Å². The molecule has 0 aromatic rings. The van der Waals surface area contributed by atoms with E-state index in [1.54, 1.807) is 0 Å². The summed E-state index contributed by atoms with van der Waals surface area (Å²) in [4.78, 5) is 12.8. The molecular formula is C9H13ClF3NO. The third kappa shape index (κ3) is 3.26. The van der Waals surface area contributed by atoms with Crippen LogP contribution in [0.4, 0.5) is 13.2 Å². The first-order valence-corrected chi connectivity index (χ1v) is 5.25. The Morgan fingerprint density at radius 1 is 1.40 bits per heavy atom. The summed E-state index contributed by atoms with van der Waals surface area (Å²) in [7, 11) is 0. The second-order valence-electron chi connectivity index (χ2n) is 3.76. The van der Waals surface area contributed by atoms with Gasteiger partial charge >= 0.3 is 6.18 Å². The normalized spacial score (nSPS) is 21.5. The number of alkyl halides is 4. The lowest BCUT2D eigenvalue weighted by atomic mass is 9.96. The van der Waals surface area contributed by atoms with Crippen LogP contribution in [0.2, 0.25) is 0 Å². The van der Waals surface area contributed by atoms with E-state index in [0.29, 0.717) is 0 Å². The first-order chi connectivity index (χ1) is 6.82. The number of amides is 1. The van der Waals surface area contributed by atoms with Gasteiger partial charge in [-0.3, -0.25) is 4.79 Å². The van der Waals surface area contributed by atoms with Gasteiger partial charge in [-0.2, -0.15) is 13.2 Å². The van der Waals surface area contributed by atoms with Crippen LogP contribution in [0.3, 0.4) is 0 Å². The van der Waals surface area contributed by atoms with Crippen LogP contribution in [0.5, 0.6) is 0 Å². The van der Waals surface area contributed by atoms with Gasteiger partial charge < -0.3 is 4.90 Å². The molecule has 1 rings (SSSR count). The number of hydrogen-bond donors (Lipinski definition) is 0. The zero-order valence-electron chi connectivity index (χ0n) is 8.35. The van der Waals surface area contributed by atoms with Crippen molar-refractivity contribution in [1.29, 1.82) is 0 Å². The maximum absolute atomic E-state index is 12.3. The Labute approximate surface area is 91.4 Å². The average molecular weight is 244 g/mol. The molecule has 88 valence electrons. The molecule has 1 fully saturated rings. The van der Waals surface area contributed by atoms with Gasteiger partial charge in [0.25, 0.3) is 0 Å². The molecular weight excluding hydrogens is 231 g/mol. The lowest BCUT2D eigenvalue weighted by Gasteiger charge is -2.33. The molecule has 1 amide bonds. The van der Waals surface area contributed by atoms with Crippen LogP contribution < -0.4 is 0 Å². The molecule has 6 heteroatoms. The number of rotatable bonds is 1. The SMILES string of the molecule is C[C@H](Cl)C(=O)N1CCC(C(F)(F)F)CC1. The molecule has 1 saturated heterocycles. The van der Waals surface area contributed by atoms with Crippen molar-refractivity contribution in [2.75, 3.05) is 13.1 Å². The molecule has 1 aliphatic rings. The van der Waals surface area contributed by atoms with Gasteiger partial charge in [-0.25, -0.2) is 0 Å². The minimum atomic E-state index is -4.14. The molecule has 0 aliphatic carbocycles. The predicted octanol–water partition coefficient (Wildman–Crippen LogP) is 2.41. The van der Waals surface area contributed by atoms with E-state index in [0.717, 1.165) is 0 Å². The maximum atomic E-state index is 12.3. The van der Waals surface area contributed by atoms with Gasteiger partial charge in [0.2, 0.25) is 5.91 Å². The van der Waals surface area contributed by atoms with Gasteiger partial charge in [0.05, 0.1) is 5.92 Å². The summed E-state index contributed by atoms with van der Waals surface area (Å²) in [5.41, 5.74) is 0. The van der Waals surface area contributed by atoms with Crippen LogP contribution in [0.1, 0.15) is 19.8 Å². The van der Waals surface area contributed by atoms with E-state index in [1.165, 1.54) is 11.8 Å². The Hall–Kier alpha value is -0.450. The topological polar surface area (TPSA) is 20.3 Å². The second-order valence-corrected chi connectivity index (χ2v) is 4.41. The van der Waals surface area contributed by atoms with Crippen LogP contribution in [0.25, 0.3) is 0 Å². The quantitative estimate of drug-likeness (QED) is 0.648. The molecule has 1 heterocycles. The van der Waals surface area contributed by atoms with E-state index in [4.69, 9.17) is 11.6 Å². The van der Waals surface area contributed by atoms with E-state index >= 15 is 0 Å². The molecule has 0 N–H and O–H groups in total. The summed E-state index contributed by atoms with van der Waals surface area (Å²) in [5.74, 6) is -1.55. The van der Waals surface area contributed by atoms with Crippen LogP contribution in [0.15, 0.2) is 0 Å². The molecule has 0 spiro atoms. The van der Waals surface area contributed by atoms with Gasteiger partial charge in [-0.15, -0.1) is 11.6 Å². The minimum Gasteiger partial charge on any atom is -0.341 e. The summed E-state index contributed by atoms with van der Waals surface area (Å²) < 4.78 is 36.9. The Bertz CT molecular complexity index is 234. The minimum absolute atomic E-state index is 0.0150. The highest BCUT2D eigenvalue weighted by molar-refractivity contribution is 6.30. The van der Waals surface area contributed by atoms with Crippen LogP contribution in [-0.4, -0.2) is 35.4 Å². The van der Waals surface area contributed by atoms with Crippen LogP contribution >= 0.6 is 11.6 Å². The lowest BCUT2D eigenvalue weighted by molar-refractivity contribution is -0.186. The number of piperidine rings is 1. The van der Waals surface area contributed by atoms with Crippen molar-refractivity contribution in [2.24, 2.45) is 5.92 Å². The Morgan fingerprint density at radius 3 is 2.20 bits per heavy atom. The van der Waals surface area contributed by atoms with E-state index in [1.807, 2.05) is 0 Å². The molecule has 1 aliphatic heterocycles. The van der Waals surface area contributed by atoms with Gasteiger partial charge in [0.1, 0.15) is 5.38 Å². The zero-order chi connectivity index (χ0) is 11.6. The highest BCUT2D eigenvalue weighted by Gasteiger charge is 2.41. The number of halogens is 4. The zero-order valence-corrected chi connectivity index (χ0v) is 9.11. The van der Waals surface area contributed by atoms with E-state index < -0.39 is 17.5 Å². The largest absolute Gasteiger partial charge is 0.391 e. The Kier molecular flexibility index (Phi) is 3.87.